The Morgan fingerprint density at radius 2 is 1.93 bits per heavy atom. The maximum absolute atomic E-state index is 13.2. The molecule has 2 aliphatic rings. The molecule has 4 rings (SSSR count). The maximum Gasteiger partial charge on any atom is 0.257 e. The smallest absolute Gasteiger partial charge is 0.257 e. The van der Waals surface area contributed by atoms with Crippen LogP contribution in [0.2, 0.25) is 0 Å². The van der Waals surface area contributed by atoms with E-state index in [1.165, 1.54) is 19.4 Å². The van der Waals surface area contributed by atoms with Gasteiger partial charge in [-0.25, -0.2) is 0 Å². The molecule has 2 saturated heterocycles. The Kier molecular flexibility index (Phi) is 6.39. The summed E-state index contributed by atoms with van der Waals surface area (Å²) >= 11 is 0. The van der Waals surface area contributed by atoms with Crippen molar-refractivity contribution in [2.24, 2.45) is 0 Å². The van der Waals surface area contributed by atoms with Gasteiger partial charge in [-0.15, -0.1) is 0 Å². The second kappa shape index (κ2) is 9.18. The lowest BCUT2D eigenvalue weighted by Gasteiger charge is -2.42. The number of para-hydroxylation sites is 1. The minimum absolute atomic E-state index is 0.0461. The third kappa shape index (κ3) is 4.52. The predicted molar refractivity (Wildman–Crippen MR) is 115 cm³/mol. The molecule has 7 heteroatoms. The molecule has 0 saturated carbocycles. The summed E-state index contributed by atoms with van der Waals surface area (Å²) in [6.07, 6.45) is 2.52. The van der Waals surface area contributed by atoms with E-state index in [4.69, 9.17) is 9.26 Å². The second-order valence-electron chi connectivity index (χ2n) is 8.47. The minimum atomic E-state index is 0.0461. The van der Waals surface area contributed by atoms with Crippen LogP contribution in [0.5, 0.6) is 5.75 Å². The van der Waals surface area contributed by atoms with Crippen molar-refractivity contribution in [1.82, 2.24) is 19.9 Å². The largest absolute Gasteiger partial charge is 0.488 e. The van der Waals surface area contributed by atoms with Gasteiger partial charge in [-0.2, -0.15) is 0 Å². The SMILES string of the molecule is Cc1noc(C)c1COc1ccccc1C(=O)N1CCN(C2CCCN(C)C2)CC1. The Hall–Kier alpha value is -2.38. The summed E-state index contributed by atoms with van der Waals surface area (Å²) in [6.45, 7) is 9.84. The van der Waals surface area contributed by atoms with Crippen LogP contribution in [-0.4, -0.2) is 78.1 Å². The zero-order valence-corrected chi connectivity index (χ0v) is 18.3. The van der Waals surface area contributed by atoms with E-state index in [-0.39, 0.29) is 5.91 Å². The quantitative estimate of drug-likeness (QED) is 0.753. The number of amides is 1. The van der Waals surface area contributed by atoms with Gasteiger partial charge in [0.1, 0.15) is 18.1 Å². The van der Waals surface area contributed by atoms with Crippen LogP contribution < -0.4 is 4.74 Å². The summed E-state index contributed by atoms with van der Waals surface area (Å²) < 4.78 is 11.2. The first-order chi connectivity index (χ1) is 14.5. The molecule has 2 aliphatic heterocycles. The van der Waals surface area contributed by atoms with Gasteiger partial charge in [0.15, 0.2) is 0 Å². The van der Waals surface area contributed by atoms with Crippen molar-refractivity contribution in [3.8, 4) is 5.75 Å². The molecular formula is C23H32N4O3. The number of carbonyl (C=O) groups is 1. The molecular weight excluding hydrogens is 380 g/mol. The molecule has 0 bridgehead atoms. The van der Waals surface area contributed by atoms with Gasteiger partial charge in [-0.1, -0.05) is 17.3 Å². The molecule has 2 fully saturated rings. The number of piperidine rings is 1. The molecule has 0 spiro atoms. The van der Waals surface area contributed by atoms with Crippen LogP contribution in [0, 0.1) is 13.8 Å². The lowest BCUT2D eigenvalue weighted by Crippen LogP contribution is -2.55. The van der Waals surface area contributed by atoms with Gasteiger partial charge in [0, 0.05) is 38.8 Å². The van der Waals surface area contributed by atoms with Crippen LogP contribution in [0.15, 0.2) is 28.8 Å². The first-order valence-electron chi connectivity index (χ1n) is 10.9. The van der Waals surface area contributed by atoms with Crippen LogP contribution in [0.4, 0.5) is 0 Å². The standard InChI is InChI=1S/C23H32N4O3/c1-17-21(18(2)30-24-17)16-29-22-9-5-4-8-20(22)23(28)27-13-11-26(12-14-27)19-7-6-10-25(3)15-19/h4-5,8-9,19H,6-7,10-16H2,1-3H3. The van der Waals surface area contributed by atoms with E-state index in [0.29, 0.717) is 24.0 Å². The number of aromatic nitrogens is 1. The number of carbonyl (C=O) groups excluding carboxylic acids is 1. The van der Waals surface area contributed by atoms with Gasteiger partial charge >= 0.3 is 0 Å². The van der Waals surface area contributed by atoms with Crippen molar-refractivity contribution in [3.63, 3.8) is 0 Å². The number of rotatable bonds is 5. The summed E-state index contributed by atoms with van der Waals surface area (Å²) in [5, 5.41) is 3.97. The van der Waals surface area contributed by atoms with E-state index < -0.39 is 0 Å². The summed E-state index contributed by atoms with van der Waals surface area (Å²) in [5.41, 5.74) is 2.37. The summed E-state index contributed by atoms with van der Waals surface area (Å²) in [5.74, 6) is 1.41. The third-order valence-electron chi connectivity index (χ3n) is 6.39. The Balaban J connectivity index is 1.38. The van der Waals surface area contributed by atoms with Crippen molar-refractivity contribution in [2.45, 2.75) is 39.3 Å². The van der Waals surface area contributed by atoms with E-state index in [1.807, 2.05) is 43.0 Å². The highest BCUT2D eigenvalue weighted by atomic mass is 16.5. The number of nitrogens with zero attached hydrogens (tertiary/aromatic N) is 4. The van der Waals surface area contributed by atoms with Gasteiger partial charge in [0.2, 0.25) is 0 Å². The zero-order valence-electron chi connectivity index (χ0n) is 18.3. The van der Waals surface area contributed by atoms with Gasteiger partial charge < -0.3 is 19.1 Å². The number of piperazine rings is 1. The van der Waals surface area contributed by atoms with Gasteiger partial charge in [-0.3, -0.25) is 9.69 Å². The highest BCUT2D eigenvalue weighted by molar-refractivity contribution is 5.97. The van der Waals surface area contributed by atoms with Crippen LogP contribution >= 0.6 is 0 Å². The molecule has 1 aromatic heterocycles. The number of likely N-dealkylation sites (N-methyl/N-ethyl adjacent to an activating group) is 1. The molecule has 3 heterocycles. The van der Waals surface area contributed by atoms with Crippen molar-refractivity contribution in [3.05, 3.63) is 46.8 Å². The molecule has 1 unspecified atom stereocenters. The predicted octanol–water partition coefficient (Wildman–Crippen LogP) is 2.72. The molecule has 2 aromatic rings. The minimum Gasteiger partial charge on any atom is -0.488 e. The monoisotopic (exact) mass is 412 g/mol. The highest BCUT2D eigenvalue weighted by Gasteiger charge is 2.29. The number of hydrogen-bond acceptors (Lipinski definition) is 6. The molecule has 30 heavy (non-hydrogen) atoms. The number of aryl methyl sites for hydroxylation is 2. The number of ether oxygens (including phenoxy) is 1. The van der Waals surface area contributed by atoms with Gasteiger partial charge in [0.05, 0.1) is 16.8 Å². The Morgan fingerprint density at radius 1 is 1.17 bits per heavy atom. The van der Waals surface area contributed by atoms with Crippen LogP contribution in [0.25, 0.3) is 0 Å². The molecule has 1 amide bonds. The Bertz CT molecular complexity index is 854. The fraction of sp³-hybridized carbons (Fsp3) is 0.565. The zero-order chi connectivity index (χ0) is 21.1. The molecule has 1 aromatic carbocycles. The van der Waals surface area contributed by atoms with E-state index >= 15 is 0 Å². The molecule has 0 radical (unpaired) electrons. The number of likely N-dealkylation sites (tertiary alicyclic amines) is 1. The van der Waals surface area contributed by atoms with Gasteiger partial charge in [0.25, 0.3) is 5.91 Å². The molecule has 1 atom stereocenters. The summed E-state index contributed by atoms with van der Waals surface area (Å²) in [6, 6.07) is 8.13. The first-order valence-corrected chi connectivity index (χ1v) is 10.9. The first kappa shape index (κ1) is 20.9. The third-order valence-corrected chi connectivity index (χ3v) is 6.39. The Morgan fingerprint density at radius 3 is 2.63 bits per heavy atom. The van der Waals surface area contributed by atoms with Crippen molar-refractivity contribution < 1.29 is 14.1 Å². The number of benzene rings is 1. The summed E-state index contributed by atoms with van der Waals surface area (Å²) in [4.78, 5) is 20.2. The lowest BCUT2D eigenvalue weighted by atomic mass is 10.0. The van der Waals surface area contributed by atoms with Crippen LogP contribution in [-0.2, 0) is 6.61 Å². The van der Waals surface area contributed by atoms with E-state index in [9.17, 15) is 4.79 Å². The van der Waals surface area contributed by atoms with E-state index in [2.05, 4.69) is 22.0 Å². The van der Waals surface area contributed by atoms with Crippen molar-refractivity contribution >= 4 is 5.91 Å². The molecule has 162 valence electrons. The molecule has 0 N–H and O–H groups in total. The summed E-state index contributed by atoms with van der Waals surface area (Å²) in [7, 11) is 2.20. The fourth-order valence-corrected chi connectivity index (χ4v) is 4.52. The van der Waals surface area contributed by atoms with Crippen molar-refractivity contribution in [2.75, 3.05) is 46.3 Å². The lowest BCUT2D eigenvalue weighted by molar-refractivity contribution is 0.0449. The number of hydrogen-bond donors (Lipinski definition) is 0. The Labute approximate surface area is 178 Å². The van der Waals surface area contributed by atoms with Gasteiger partial charge in [-0.05, 0) is 52.4 Å². The van der Waals surface area contributed by atoms with E-state index in [1.54, 1.807) is 0 Å². The van der Waals surface area contributed by atoms with Crippen LogP contribution in [0.1, 0.15) is 40.2 Å². The normalized spacial score (nSPS) is 21.0. The van der Waals surface area contributed by atoms with Crippen molar-refractivity contribution in [1.29, 1.82) is 0 Å². The average molecular weight is 413 g/mol. The second-order valence-corrected chi connectivity index (χ2v) is 8.47. The van der Waals surface area contributed by atoms with Crippen LogP contribution in [0.3, 0.4) is 0 Å². The average Bonchev–Trinajstić information content (AvgIpc) is 3.09. The fourth-order valence-electron chi connectivity index (χ4n) is 4.52. The maximum atomic E-state index is 13.2. The molecule has 7 nitrogen and oxygen atoms in total. The van der Waals surface area contributed by atoms with E-state index in [0.717, 1.165) is 49.7 Å². The topological polar surface area (TPSA) is 62.1 Å². The molecule has 0 aliphatic carbocycles. The highest BCUT2D eigenvalue weighted by Crippen LogP contribution is 2.24.